The van der Waals surface area contributed by atoms with Gasteiger partial charge in [0.15, 0.2) is 0 Å². The molecular formula is C41H35HfN2-3. The summed E-state index contributed by atoms with van der Waals surface area (Å²) in [4.78, 5) is 5.33. The second-order valence-electron chi connectivity index (χ2n) is 11.3. The third kappa shape index (κ3) is 5.74. The zero-order valence-corrected chi connectivity index (χ0v) is 29.3. The van der Waals surface area contributed by atoms with Gasteiger partial charge in [0.25, 0.3) is 0 Å². The van der Waals surface area contributed by atoms with Crippen LogP contribution >= 0.6 is 0 Å². The van der Waals surface area contributed by atoms with E-state index in [0.29, 0.717) is 5.92 Å². The van der Waals surface area contributed by atoms with Crippen LogP contribution in [0.2, 0.25) is 0 Å². The van der Waals surface area contributed by atoms with Crippen molar-refractivity contribution < 1.29 is 25.8 Å². The van der Waals surface area contributed by atoms with Crippen LogP contribution in [0.15, 0.2) is 127 Å². The number of nitrogens with zero attached hydrogens (tertiary/aromatic N) is 2. The van der Waals surface area contributed by atoms with Gasteiger partial charge in [-0.15, -0.1) is 34.8 Å². The third-order valence-corrected chi connectivity index (χ3v) is 8.27. The molecule has 0 bridgehead atoms. The number of pyridine rings is 1. The minimum Gasteiger partial charge on any atom is -0.673 e. The number of rotatable bonds is 6. The molecular weight excluding hydrogens is 699 g/mol. The molecule has 0 aliphatic rings. The Hall–Kier alpha value is -4.08. The SMILES string of the molecule is Cc1cccc(C(C)C)c1[N-]C(c1cccc(-c2[c-]ccc3ccccc23)n1)c1cc2ccccc2c2ccccc12.[CH3-].[Hf]. The first-order valence-electron chi connectivity index (χ1n) is 14.7. The van der Waals surface area contributed by atoms with Crippen LogP contribution in [0.25, 0.3) is 48.9 Å². The fraction of sp³-hybridized carbons (Fsp3) is 0.122. The molecule has 0 fully saturated rings. The molecule has 6 aromatic carbocycles. The van der Waals surface area contributed by atoms with E-state index in [9.17, 15) is 0 Å². The van der Waals surface area contributed by atoms with Crippen molar-refractivity contribution in [1.82, 2.24) is 4.98 Å². The van der Waals surface area contributed by atoms with E-state index >= 15 is 0 Å². The molecule has 0 N–H and O–H groups in total. The van der Waals surface area contributed by atoms with Crippen molar-refractivity contribution in [2.45, 2.75) is 32.7 Å². The van der Waals surface area contributed by atoms with Crippen LogP contribution in [0.1, 0.15) is 48.2 Å². The second-order valence-corrected chi connectivity index (χ2v) is 11.3. The van der Waals surface area contributed by atoms with E-state index in [1.165, 1.54) is 38.1 Å². The van der Waals surface area contributed by atoms with Gasteiger partial charge in [0.1, 0.15) is 0 Å². The molecule has 44 heavy (non-hydrogen) atoms. The normalized spacial score (nSPS) is 11.7. The zero-order chi connectivity index (χ0) is 28.6. The number of hydrogen-bond donors (Lipinski definition) is 0. The zero-order valence-electron chi connectivity index (χ0n) is 25.7. The van der Waals surface area contributed by atoms with Crippen molar-refractivity contribution in [2.75, 3.05) is 0 Å². The van der Waals surface area contributed by atoms with E-state index in [2.05, 4.69) is 148 Å². The van der Waals surface area contributed by atoms with Gasteiger partial charge in [-0.1, -0.05) is 140 Å². The number of benzene rings is 6. The van der Waals surface area contributed by atoms with E-state index in [4.69, 9.17) is 10.3 Å². The first kappa shape index (κ1) is 31.3. The number of fused-ring (bicyclic) bond motifs is 4. The first-order chi connectivity index (χ1) is 20.6. The molecule has 1 atom stereocenters. The Balaban J connectivity index is 0.00000192. The molecule has 1 aromatic heterocycles. The van der Waals surface area contributed by atoms with E-state index in [1.807, 2.05) is 6.07 Å². The van der Waals surface area contributed by atoms with Gasteiger partial charge in [-0.3, -0.25) is 0 Å². The molecule has 0 saturated carbocycles. The maximum Gasteiger partial charge on any atom is 0.0196 e. The monoisotopic (exact) mass is 735 g/mol. The van der Waals surface area contributed by atoms with Crippen LogP contribution in [0.4, 0.5) is 5.69 Å². The van der Waals surface area contributed by atoms with Gasteiger partial charge in [-0.05, 0) is 57.8 Å². The number of para-hydroxylation sites is 1. The Bertz CT molecular complexity index is 2070. The third-order valence-electron chi connectivity index (χ3n) is 8.27. The van der Waals surface area contributed by atoms with E-state index in [-0.39, 0.29) is 39.3 Å². The van der Waals surface area contributed by atoms with E-state index in [0.717, 1.165) is 33.6 Å². The van der Waals surface area contributed by atoms with Crippen LogP contribution in [0, 0.1) is 20.4 Å². The summed E-state index contributed by atoms with van der Waals surface area (Å²) in [7, 11) is 0. The molecule has 0 spiro atoms. The average molecular weight is 734 g/mol. The second kappa shape index (κ2) is 13.3. The topological polar surface area (TPSA) is 27.0 Å². The van der Waals surface area contributed by atoms with Gasteiger partial charge in [-0.25, -0.2) is 0 Å². The predicted molar refractivity (Wildman–Crippen MR) is 184 cm³/mol. The van der Waals surface area contributed by atoms with Crippen molar-refractivity contribution in [3.05, 3.63) is 169 Å². The van der Waals surface area contributed by atoms with Crippen LogP contribution in [-0.4, -0.2) is 4.98 Å². The Labute approximate surface area is 280 Å². The molecule has 0 amide bonds. The summed E-state index contributed by atoms with van der Waals surface area (Å²) < 4.78 is 0. The molecule has 3 heteroatoms. The minimum absolute atomic E-state index is 0. The maximum absolute atomic E-state index is 5.60. The summed E-state index contributed by atoms with van der Waals surface area (Å²) in [5.74, 6) is 0.349. The van der Waals surface area contributed by atoms with Gasteiger partial charge in [-0.2, -0.15) is 0 Å². The summed E-state index contributed by atoms with van der Waals surface area (Å²) in [6.45, 7) is 6.64. The summed E-state index contributed by atoms with van der Waals surface area (Å²) in [5, 5.41) is 12.8. The standard InChI is InChI=1S/C40H32N2.CH3.Hf/c1-26(2)30-21-10-13-27(3)39(30)42-40(36-25-29-15-5-7-18-32(29)33-19-8-9-20-34(33)36)38-24-12-23-37(41-38)35-22-11-16-28-14-4-6-17-31(28)35;;/h4-21,23-26,40H,1-3H3;1H3;/q-2;-1;. The van der Waals surface area contributed by atoms with Crippen LogP contribution in [0.5, 0.6) is 0 Å². The van der Waals surface area contributed by atoms with Crippen LogP contribution in [0.3, 0.4) is 0 Å². The van der Waals surface area contributed by atoms with Gasteiger partial charge in [0.05, 0.1) is 0 Å². The maximum atomic E-state index is 5.60. The molecule has 7 rings (SSSR count). The summed E-state index contributed by atoms with van der Waals surface area (Å²) in [6.07, 6.45) is 0. The van der Waals surface area contributed by atoms with Crippen LogP contribution in [-0.2, 0) is 25.8 Å². The van der Waals surface area contributed by atoms with Crippen molar-refractivity contribution in [1.29, 1.82) is 0 Å². The molecule has 2 nitrogen and oxygen atoms in total. The molecule has 0 saturated heterocycles. The van der Waals surface area contributed by atoms with Crippen molar-refractivity contribution in [3.8, 4) is 11.3 Å². The molecule has 216 valence electrons. The van der Waals surface area contributed by atoms with Gasteiger partial charge in [0, 0.05) is 31.5 Å². The first-order valence-corrected chi connectivity index (χ1v) is 14.7. The van der Waals surface area contributed by atoms with Crippen LogP contribution < -0.4 is 0 Å². The summed E-state index contributed by atoms with van der Waals surface area (Å²) in [6, 6.07) is 48.2. The smallest absolute Gasteiger partial charge is 0.0196 e. The largest absolute Gasteiger partial charge is 0.673 e. The van der Waals surface area contributed by atoms with Crippen molar-refractivity contribution in [3.63, 3.8) is 0 Å². The average Bonchev–Trinajstić information content (AvgIpc) is 3.03. The molecule has 0 aliphatic carbocycles. The molecule has 1 unspecified atom stereocenters. The predicted octanol–water partition coefficient (Wildman–Crippen LogP) is 11.7. The summed E-state index contributed by atoms with van der Waals surface area (Å²) in [5.41, 5.74) is 7.48. The van der Waals surface area contributed by atoms with Gasteiger partial charge in [0.2, 0.25) is 0 Å². The molecule has 0 aliphatic heterocycles. The fourth-order valence-corrected chi connectivity index (χ4v) is 6.17. The van der Waals surface area contributed by atoms with E-state index in [1.54, 1.807) is 0 Å². The quantitative estimate of drug-likeness (QED) is 0.0950. The Morgan fingerprint density at radius 3 is 2.07 bits per heavy atom. The number of aryl methyl sites for hydroxylation is 1. The Morgan fingerprint density at radius 1 is 0.636 bits per heavy atom. The van der Waals surface area contributed by atoms with Crippen molar-refractivity contribution in [2.24, 2.45) is 0 Å². The minimum atomic E-state index is -0.298. The molecule has 0 radical (unpaired) electrons. The summed E-state index contributed by atoms with van der Waals surface area (Å²) >= 11 is 0. The Kier molecular flexibility index (Phi) is 9.46. The number of aromatic nitrogens is 1. The Morgan fingerprint density at radius 2 is 1.30 bits per heavy atom. The number of hydrogen-bond acceptors (Lipinski definition) is 1. The fourth-order valence-electron chi connectivity index (χ4n) is 6.17. The van der Waals surface area contributed by atoms with Gasteiger partial charge >= 0.3 is 0 Å². The molecule has 7 aromatic rings. The van der Waals surface area contributed by atoms with Gasteiger partial charge < -0.3 is 17.7 Å². The van der Waals surface area contributed by atoms with E-state index < -0.39 is 0 Å². The van der Waals surface area contributed by atoms with Crippen molar-refractivity contribution >= 4 is 38.0 Å². The molecule has 1 heterocycles.